The van der Waals surface area contributed by atoms with Gasteiger partial charge in [-0.05, 0) is 18.6 Å². The molecule has 0 amide bonds. The van der Waals surface area contributed by atoms with Gasteiger partial charge in [-0.15, -0.1) is 11.3 Å². The molecule has 156 valence electrons. The molecule has 1 aliphatic heterocycles. The predicted octanol–water partition coefficient (Wildman–Crippen LogP) is 4.36. The van der Waals surface area contributed by atoms with Crippen LogP contribution < -0.4 is 10.2 Å². The Hall–Kier alpha value is -2.74. The summed E-state index contributed by atoms with van der Waals surface area (Å²) in [5, 5.41) is 7.14. The molecule has 6 nitrogen and oxygen atoms in total. The Kier molecular flexibility index (Phi) is 7.44. The summed E-state index contributed by atoms with van der Waals surface area (Å²) >= 11 is 1.53. The zero-order valence-corrected chi connectivity index (χ0v) is 17.7. The van der Waals surface area contributed by atoms with Gasteiger partial charge in [0.1, 0.15) is 5.75 Å². The summed E-state index contributed by atoms with van der Waals surface area (Å²) in [7, 11) is 0. The standard InChI is InChI=1S/C23H26N4O2S/c1-2-7-19(8-3-1)21-18-30-23(25-21)26-24-17-20-9-4-5-10-22(20)29-14-6-11-27-12-15-28-16-13-27/h1-5,7-10,17-18H,6,11-16H2,(H,25,26). The number of thiazole rings is 1. The Morgan fingerprint density at radius 3 is 2.77 bits per heavy atom. The van der Waals surface area contributed by atoms with Gasteiger partial charge in [0.25, 0.3) is 0 Å². The average Bonchev–Trinajstić information content (AvgIpc) is 3.28. The fraction of sp³-hybridized carbons (Fsp3) is 0.304. The second kappa shape index (κ2) is 10.9. The molecular formula is C23H26N4O2S. The molecule has 0 bridgehead atoms. The molecule has 1 aliphatic rings. The SMILES string of the molecule is C(=NNc1nc(-c2ccccc2)cs1)c1ccccc1OCCCN1CCOCC1. The van der Waals surface area contributed by atoms with Gasteiger partial charge < -0.3 is 9.47 Å². The van der Waals surface area contributed by atoms with Crippen LogP contribution in [0.5, 0.6) is 5.75 Å². The van der Waals surface area contributed by atoms with E-state index in [1.807, 2.05) is 47.8 Å². The smallest absolute Gasteiger partial charge is 0.203 e. The highest BCUT2D eigenvalue weighted by Gasteiger charge is 2.09. The van der Waals surface area contributed by atoms with Gasteiger partial charge in [-0.2, -0.15) is 5.10 Å². The number of nitrogens with one attached hydrogen (secondary N) is 1. The van der Waals surface area contributed by atoms with Crippen LogP contribution in [0.15, 0.2) is 65.1 Å². The maximum Gasteiger partial charge on any atom is 0.203 e. The molecule has 1 N–H and O–H groups in total. The van der Waals surface area contributed by atoms with Gasteiger partial charge in [-0.3, -0.25) is 10.3 Å². The number of hydrogen-bond acceptors (Lipinski definition) is 7. The minimum absolute atomic E-state index is 0.683. The van der Waals surface area contributed by atoms with E-state index in [4.69, 9.17) is 9.47 Å². The van der Waals surface area contributed by atoms with Gasteiger partial charge in [0.05, 0.1) is 31.7 Å². The lowest BCUT2D eigenvalue weighted by Crippen LogP contribution is -2.37. The van der Waals surface area contributed by atoms with Crippen molar-refractivity contribution in [2.24, 2.45) is 5.10 Å². The van der Waals surface area contributed by atoms with Crippen LogP contribution in [-0.2, 0) is 4.74 Å². The molecule has 0 atom stereocenters. The molecule has 30 heavy (non-hydrogen) atoms. The quantitative estimate of drug-likeness (QED) is 0.315. The van der Waals surface area contributed by atoms with Crippen LogP contribution >= 0.6 is 11.3 Å². The summed E-state index contributed by atoms with van der Waals surface area (Å²) in [5.74, 6) is 0.842. The minimum atomic E-state index is 0.683. The summed E-state index contributed by atoms with van der Waals surface area (Å²) in [6.07, 6.45) is 2.77. The van der Waals surface area contributed by atoms with E-state index in [1.165, 1.54) is 11.3 Å². The topological polar surface area (TPSA) is 59.0 Å². The number of benzene rings is 2. The molecule has 1 saturated heterocycles. The van der Waals surface area contributed by atoms with Crippen LogP contribution in [0, 0.1) is 0 Å². The minimum Gasteiger partial charge on any atom is -0.493 e. The van der Waals surface area contributed by atoms with E-state index in [0.717, 1.165) is 67.0 Å². The van der Waals surface area contributed by atoms with Crippen molar-refractivity contribution in [2.75, 3.05) is 44.9 Å². The molecule has 3 aromatic rings. The number of aromatic nitrogens is 1. The molecule has 0 unspecified atom stereocenters. The fourth-order valence-electron chi connectivity index (χ4n) is 3.24. The first-order valence-corrected chi connectivity index (χ1v) is 11.1. The van der Waals surface area contributed by atoms with Crippen LogP contribution in [0.1, 0.15) is 12.0 Å². The monoisotopic (exact) mass is 422 g/mol. The maximum absolute atomic E-state index is 6.00. The first-order chi connectivity index (χ1) is 14.9. The van der Waals surface area contributed by atoms with E-state index < -0.39 is 0 Å². The van der Waals surface area contributed by atoms with Crippen molar-refractivity contribution < 1.29 is 9.47 Å². The highest BCUT2D eigenvalue weighted by atomic mass is 32.1. The zero-order chi connectivity index (χ0) is 20.4. The van der Waals surface area contributed by atoms with Crippen molar-refractivity contribution >= 4 is 22.7 Å². The molecular weight excluding hydrogens is 396 g/mol. The van der Waals surface area contributed by atoms with Crippen molar-refractivity contribution in [1.29, 1.82) is 0 Å². The average molecular weight is 423 g/mol. The highest BCUT2D eigenvalue weighted by Crippen LogP contribution is 2.24. The van der Waals surface area contributed by atoms with Crippen molar-refractivity contribution in [2.45, 2.75) is 6.42 Å². The van der Waals surface area contributed by atoms with Crippen molar-refractivity contribution in [3.8, 4) is 17.0 Å². The number of anilines is 1. The van der Waals surface area contributed by atoms with Gasteiger partial charge in [0.2, 0.25) is 5.13 Å². The van der Waals surface area contributed by atoms with Crippen molar-refractivity contribution in [3.05, 3.63) is 65.5 Å². The van der Waals surface area contributed by atoms with E-state index in [1.54, 1.807) is 6.21 Å². The fourth-order valence-corrected chi connectivity index (χ4v) is 3.91. The lowest BCUT2D eigenvalue weighted by atomic mass is 10.2. The van der Waals surface area contributed by atoms with E-state index in [0.29, 0.717) is 6.61 Å². The number of rotatable bonds is 9. The Morgan fingerprint density at radius 1 is 1.10 bits per heavy atom. The summed E-state index contributed by atoms with van der Waals surface area (Å²) in [6.45, 7) is 5.41. The third-order valence-corrected chi connectivity index (χ3v) is 5.58. The van der Waals surface area contributed by atoms with Crippen LogP contribution in [0.25, 0.3) is 11.3 Å². The largest absolute Gasteiger partial charge is 0.493 e. The van der Waals surface area contributed by atoms with Crippen LogP contribution in [0.3, 0.4) is 0 Å². The molecule has 0 saturated carbocycles. The van der Waals surface area contributed by atoms with Gasteiger partial charge in [-0.1, -0.05) is 42.5 Å². The predicted molar refractivity (Wildman–Crippen MR) is 123 cm³/mol. The molecule has 4 rings (SSSR count). The zero-order valence-electron chi connectivity index (χ0n) is 16.9. The molecule has 0 spiro atoms. The maximum atomic E-state index is 6.00. The first kappa shape index (κ1) is 20.5. The molecule has 1 fully saturated rings. The van der Waals surface area contributed by atoms with Crippen LogP contribution in [0.4, 0.5) is 5.13 Å². The number of morpholine rings is 1. The number of hydrazone groups is 1. The number of nitrogens with zero attached hydrogens (tertiary/aromatic N) is 3. The Bertz CT molecular complexity index is 939. The van der Waals surface area contributed by atoms with E-state index in [9.17, 15) is 0 Å². The van der Waals surface area contributed by atoms with Crippen molar-refractivity contribution in [1.82, 2.24) is 9.88 Å². The lowest BCUT2D eigenvalue weighted by molar-refractivity contribution is 0.0358. The third-order valence-electron chi connectivity index (χ3n) is 4.84. The third kappa shape index (κ3) is 5.89. The van der Waals surface area contributed by atoms with Gasteiger partial charge >= 0.3 is 0 Å². The van der Waals surface area contributed by atoms with Crippen LogP contribution in [-0.4, -0.2) is 55.6 Å². The van der Waals surface area contributed by atoms with Gasteiger partial charge in [0, 0.05) is 36.1 Å². The number of ether oxygens (including phenoxy) is 2. The Balaban J connectivity index is 1.28. The molecule has 0 radical (unpaired) electrons. The number of hydrogen-bond donors (Lipinski definition) is 1. The van der Waals surface area contributed by atoms with Gasteiger partial charge in [-0.25, -0.2) is 4.98 Å². The van der Waals surface area contributed by atoms with E-state index >= 15 is 0 Å². The molecule has 2 aromatic carbocycles. The van der Waals surface area contributed by atoms with Crippen molar-refractivity contribution in [3.63, 3.8) is 0 Å². The molecule has 7 heteroatoms. The second-order valence-electron chi connectivity index (χ2n) is 6.97. The Morgan fingerprint density at radius 2 is 1.90 bits per heavy atom. The number of para-hydroxylation sites is 1. The molecule has 0 aliphatic carbocycles. The van der Waals surface area contributed by atoms with Crippen LogP contribution in [0.2, 0.25) is 0 Å². The summed E-state index contributed by atoms with van der Waals surface area (Å²) < 4.78 is 11.4. The highest BCUT2D eigenvalue weighted by molar-refractivity contribution is 7.14. The van der Waals surface area contributed by atoms with E-state index in [-0.39, 0.29) is 0 Å². The first-order valence-electron chi connectivity index (χ1n) is 10.2. The summed E-state index contributed by atoms with van der Waals surface area (Å²) in [6, 6.07) is 18.1. The lowest BCUT2D eigenvalue weighted by Gasteiger charge is -2.26. The second-order valence-corrected chi connectivity index (χ2v) is 7.83. The molecule has 2 heterocycles. The summed E-state index contributed by atoms with van der Waals surface area (Å²) in [5.41, 5.74) is 6.01. The van der Waals surface area contributed by atoms with Gasteiger partial charge in [0.15, 0.2) is 0 Å². The summed E-state index contributed by atoms with van der Waals surface area (Å²) in [4.78, 5) is 7.01. The van der Waals surface area contributed by atoms with E-state index in [2.05, 4.69) is 32.5 Å². The normalized spacial score (nSPS) is 14.8. The Labute approximate surface area is 181 Å². The molecule has 1 aromatic heterocycles.